The molecular formula is C12H12O2. The smallest absolute Gasteiger partial charge is 0.311 e. The molecule has 0 saturated carbocycles. The molecule has 0 aromatic heterocycles. The first-order chi connectivity index (χ1) is 6.77. The third-order valence-corrected chi connectivity index (χ3v) is 2.39. The Kier molecular flexibility index (Phi) is 2.35. The van der Waals surface area contributed by atoms with Crippen molar-refractivity contribution in [3.8, 4) is 0 Å². The van der Waals surface area contributed by atoms with E-state index in [-0.39, 0.29) is 5.97 Å². The van der Waals surface area contributed by atoms with E-state index in [0.29, 0.717) is 6.42 Å². The van der Waals surface area contributed by atoms with Gasteiger partial charge in [-0.3, -0.25) is 4.79 Å². The van der Waals surface area contributed by atoms with Crippen LogP contribution in [0.4, 0.5) is 0 Å². The highest BCUT2D eigenvalue weighted by molar-refractivity contribution is 5.80. The molecule has 2 rings (SSSR count). The van der Waals surface area contributed by atoms with Gasteiger partial charge in [-0.15, -0.1) is 0 Å². The topological polar surface area (TPSA) is 26.3 Å². The van der Waals surface area contributed by atoms with Crippen molar-refractivity contribution >= 4 is 11.5 Å². The van der Waals surface area contributed by atoms with Gasteiger partial charge >= 0.3 is 5.97 Å². The Bertz CT molecular complexity index is 377. The van der Waals surface area contributed by atoms with Gasteiger partial charge < -0.3 is 4.74 Å². The molecule has 1 aromatic carbocycles. The number of cyclic esters (lactones) is 1. The summed E-state index contributed by atoms with van der Waals surface area (Å²) in [5.41, 5.74) is 2.29. The van der Waals surface area contributed by atoms with Crippen LogP contribution >= 0.6 is 0 Å². The highest BCUT2D eigenvalue weighted by atomic mass is 16.5. The largest absolute Gasteiger partial charge is 0.431 e. The Morgan fingerprint density at radius 3 is 2.50 bits per heavy atom. The lowest BCUT2D eigenvalue weighted by atomic mass is 9.98. The molecule has 0 aliphatic carbocycles. The van der Waals surface area contributed by atoms with Crippen LogP contribution in [0.15, 0.2) is 36.1 Å². The minimum Gasteiger partial charge on any atom is -0.431 e. The summed E-state index contributed by atoms with van der Waals surface area (Å²) in [7, 11) is 0. The Morgan fingerprint density at radius 1 is 1.14 bits per heavy atom. The summed E-state index contributed by atoms with van der Waals surface area (Å²) in [5, 5.41) is 0. The second kappa shape index (κ2) is 3.66. The summed E-state index contributed by atoms with van der Waals surface area (Å²) >= 11 is 0. The van der Waals surface area contributed by atoms with Gasteiger partial charge in [0.05, 0.1) is 6.42 Å². The van der Waals surface area contributed by atoms with Crippen LogP contribution in [-0.4, -0.2) is 5.97 Å². The minimum absolute atomic E-state index is 0.123. The number of allylic oxidation sites excluding steroid dienone is 2. The average Bonchev–Trinajstić information content (AvgIpc) is 2.19. The third-order valence-electron chi connectivity index (χ3n) is 2.39. The van der Waals surface area contributed by atoms with Crippen LogP contribution in [0.25, 0.3) is 5.57 Å². The monoisotopic (exact) mass is 188 g/mol. The van der Waals surface area contributed by atoms with Gasteiger partial charge in [-0.05, 0) is 24.5 Å². The van der Waals surface area contributed by atoms with Crippen molar-refractivity contribution in [3.63, 3.8) is 0 Å². The molecule has 1 aliphatic rings. The number of ether oxygens (including phenoxy) is 1. The summed E-state index contributed by atoms with van der Waals surface area (Å²) in [6.45, 7) is 1.85. The normalized spacial score (nSPS) is 16.8. The zero-order chi connectivity index (χ0) is 9.97. The lowest BCUT2D eigenvalue weighted by Gasteiger charge is -2.17. The van der Waals surface area contributed by atoms with Gasteiger partial charge in [0.15, 0.2) is 0 Å². The van der Waals surface area contributed by atoms with Crippen molar-refractivity contribution < 1.29 is 9.53 Å². The molecule has 0 N–H and O–H groups in total. The van der Waals surface area contributed by atoms with Crippen molar-refractivity contribution in [2.45, 2.75) is 19.8 Å². The third kappa shape index (κ3) is 1.69. The molecule has 72 valence electrons. The highest BCUT2D eigenvalue weighted by Gasteiger charge is 2.17. The number of hydrogen-bond acceptors (Lipinski definition) is 2. The van der Waals surface area contributed by atoms with Crippen LogP contribution in [0.2, 0.25) is 0 Å². The SMILES string of the molecule is CC1=C(c2ccccc2)CCC(=O)O1. The summed E-state index contributed by atoms with van der Waals surface area (Å²) in [6, 6.07) is 10.0. The molecule has 0 radical (unpaired) electrons. The number of hydrogen-bond donors (Lipinski definition) is 0. The first-order valence-electron chi connectivity index (χ1n) is 4.73. The Hall–Kier alpha value is -1.57. The maximum atomic E-state index is 11.0. The molecule has 1 aromatic rings. The van der Waals surface area contributed by atoms with E-state index in [2.05, 4.69) is 0 Å². The summed E-state index contributed by atoms with van der Waals surface area (Å²) in [4.78, 5) is 11.0. The number of rotatable bonds is 1. The lowest BCUT2D eigenvalue weighted by molar-refractivity contribution is -0.139. The fraction of sp³-hybridized carbons (Fsp3) is 0.250. The highest BCUT2D eigenvalue weighted by Crippen LogP contribution is 2.28. The Labute approximate surface area is 83.2 Å². The van der Waals surface area contributed by atoms with Crippen LogP contribution in [0, 0.1) is 0 Å². The predicted molar refractivity (Wildman–Crippen MR) is 54.4 cm³/mol. The van der Waals surface area contributed by atoms with Crippen LogP contribution in [0.1, 0.15) is 25.3 Å². The maximum absolute atomic E-state index is 11.0. The second-order valence-corrected chi connectivity index (χ2v) is 3.37. The van der Waals surface area contributed by atoms with Gasteiger partial charge in [0.2, 0.25) is 0 Å². The molecule has 2 heteroatoms. The average molecular weight is 188 g/mol. The number of benzene rings is 1. The van der Waals surface area contributed by atoms with Gasteiger partial charge in [0.25, 0.3) is 0 Å². The Morgan fingerprint density at radius 2 is 1.86 bits per heavy atom. The van der Waals surface area contributed by atoms with E-state index < -0.39 is 0 Å². The second-order valence-electron chi connectivity index (χ2n) is 3.37. The van der Waals surface area contributed by atoms with Gasteiger partial charge in [0, 0.05) is 0 Å². The molecule has 0 saturated heterocycles. The van der Waals surface area contributed by atoms with E-state index in [9.17, 15) is 4.79 Å². The predicted octanol–water partition coefficient (Wildman–Crippen LogP) is 2.75. The fourth-order valence-electron chi connectivity index (χ4n) is 1.67. The molecule has 0 amide bonds. The standard InChI is InChI=1S/C12H12O2/c1-9-11(7-8-12(13)14-9)10-5-3-2-4-6-10/h2-6H,7-8H2,1H3. The molecule has 1 heterocycles. The first kappa shape index (κ1) is 9.00. The summed E-state index contributed by atoms with van der Waals surface area (Å²) in [6.07, 6.45) is 1.27. The molecule has 1 aliphatic heterocycles. The van der Waals surface area contributed by atoms with Crippen molar-refractivity contribution in [2.24, 2.45) is 0 Å². The van der Waals surface area contributed by atoms with Gasteiger partial charge in [-0.1, -0.05) is 30.3 Å². The van der Waals surface area contributed by atoms with E-state index in [1.165, 1.54) is 0 Å². The van der Waals surface area contributed by atoms with Gasteiger partial charge in [-0.25, -0.2) is 0 Å². The molecule has 0 atom stereocenters. The molecule has 14 heavy (non-hydrogen) atoms. The first-order valence-corrected chi connectivity index (χ1v) is 4.73. The van der Waals surface area contributed by atoms with E-state index >= 15 is 0 Å². The number of carbonyl (C=O) groups is 1. The Balaban J connectivity index is 2.35. The van der Waals surface area contributed by atoms with Crippen LogP contribution in [0.3, 0.4) is 0 Å². The summed E-state index contributed by atoms with van der Waals surface area (Å²) in [5.74, 6) is 0.620. The lowest BCUT2D eigenvalue weighted by Crippen LogP contribution is -2.10. The zero-order valence-corrected chi connectivity index (χ0v) is 8.12. The summed E-state index contributed by atoms with van der Waals surface area (Å²) < 4.78 is 5.09. The maximum Gasteiger partial charge on any atom is 0.311 e. The number of esters is 1. The molecule has 2 nitrogen and oxygen atoms in total. The van der Waals surface area contributed by atoms with Gasteiger partial charge in [0.1, 0.15) is 5.76 Å². The van der Waals surface area contributed by atoms with Crippen LogP contribution in [0.5, 0.6) is 0 Å². The number of carbonyl (C=O) groups excluding carboxylic acids is 1. The van der Waals surface area contributed by atoms with Gasteiger partial charge in [-0.2, -0.15) is 0 Å². The minimum atomic E-state index is -0.123. The quantitative estimate of drug-likeness (QED) is 0.633. The van der Waals surface area contributed by atoms with E-state index in [1.807, 2.05) is 37.3 Å². The molecule has 0 spiro atoms. The fourth-order valence-corrected chi connectivity index (χ4v) is 1.67. The van der Waals surface area contributed by atoms with Crippen molar-refractivity contribution in [1.82, 2.24) is 0 Å². The molecule has 0 bridgehead atoms. The van der Waals surface area contributed by atoms with Crippen LogP contribution < -0.4 is 0 Å². The van der Waals surface area contributed by atoms with E-state index in [1.54, 1.807) is 0 Å². The zero-order valence-electron chi connectivity index (χ0n) is 8.12. The van der Waals surface area contributed by atoms with Crippen molar-refractivity contribution in [3.05, 3.63) is 41.7 Å². The van der Waals surface area contributed by atoms with Crippen LogP contribution in [-0.2, 0) is 9.53 Å². The molecule has 0 fully saturated rings. The van der Waals surface area contributed by atoms with Crippen molar-refractivity contribution in [1.29, 1.82) is 0 Å². The van der Waals surface area contributed by atoms with Crippen molar-refractivity contribution in [2.75, 3.05) is 0 Å². The van der Waals surface area contributed by atoms with E-state index in [0.717, 1.165) is 23.3 Å². The molecular weight excluding hydrogens is 176 g/mol. The van der Waals surface area contributed by atoms with E-state index in [4.69, 9.17) is 4.74 Å². The molecule has 0 unspecified atom stereocenters.